The van der Waals surface area contributed by atoms with Crippen LogP contribution in [0.25, 0.3) is 0 Å². The standard InChI is InChI=1S/C18H26N4O2/c1-2-19-17(23)13-21-9-11-22(12-10-21)18(24)15-5-3-7-16-14(15)6-4-8-20-16/h3,5,7,20H,2,4,6,8-13H2,1H3,(H,19,23). The van der Waals surface area contributed by atoms with Crippen LogP contribution in [-0.2, 0) is 11.2 Å². The van der Waals surface area contributed by atoms with Gasteiger partial charge in [-0.3, -0.25) is 14.5 Å². The molecule has 0 bridgehead atoms. The molecule has 0 spiro atoms. The Morgan fingerprint density at radius 1 is 1.21 bits per heavy atom. The first kappa shape index (κ1) is 16.8. The fourth-order valence-electron chi connectivity index (χ4n) is 3.45. The number of carbonyl (C=O) groups is 2. The molecule has 2 aliphatic heterocycles. The van der Waals surface area contributed by atoms with E-state index in [0.717, 1.165) is 49.3 Å². The number of likely N-dealkylation sites (N-methyl/N-ethyl adjacent to an activating group) is 1. The zero-order valence-corrected chi connectivity index (χ0v) is 14.3. The Morgan fingerprint density at radius 3 is 2.75 bits per heavy atom. The highest BCUT2D eigenvalue weighted by Crippen LogP contribution is 2.26. The van der Waals surface area contributed by atoms with Crippen molar-refractivity contribution in [3.63, 3.8) is 0 Å². The lowest BCUT2D eigenvalue weighted by Gasteiger charge is -2.35. The Hall–Kier alpha value is -2.08. The van der Waals surface area contributed by atoms with Crippen LogP contribution in [0.1, 0.15) is 29.3 Å². The molecule has 24 heavy (non-hydrogen) atoms. The van der Waals surface area contributed by atoms with Crippen molar-refractivity contribution in [2.75, 3.05) is 51.1 Å². The van der Waals surface area contributed by atoms with E-state index in [9.17, 15) is 9.59 Å². The number of nitrogens with one attached hydrogen (secondary N) is 2. The van der Waals surface area contributed by atoms with Crippen LogP contribution in [-0.4, -0.2) is 67.4 Å². The molecular formula is C18H26N4O2. The van der Waals surface area contributed by atoms with Crippen LogP contribution in [0.5, 0.6) is 0 Å². The molecule has 3 rings (SSSR count). The lowest BCUT2D eigenvalue weighted by atomic mass is 9.96. The maximum atomic E-state index is 12.9. The topological polar surface area (TPSA) is 64.7 Å². The monoisotopic (exact) mass is 330 g/mol. The normalized spacial score (nSPS) is 17.8. The van der Waals surface area contributed by atoms with Crippen molar-refractivity contribution >= 4 is 17.5 Å². The number of benzene rings is 1. The third-order valence-electron chi connectivity index (χ3n) is 4.73. The van der Waals surface area contributed by atoms with Crippen molar-refractivity contribution in [2.24, 2.45) is 0 Å². The van der Waals surface area contributed by atoms with Gasteiger partial charge in [-0.2, -0.15) is 0 Å². The van der Waals surface area contributed by atoms with Crippen LogP contribution < -0.4 is 10.6 Å². The van der Waals surface area contributed by atoms with E-state index < -0.39 is 0 Å². The van der Waals surface area contributed by atoms with Gasteiger partial charge in [0.1, 0.15) is 0 Å². The van der Waals surface area contributed by atoms with Gasteiger partial charge < -0.3 is 15.5 Å². The van der Waals surface area contributed by atoms with Gasteiger partial charge in [-0.15, -0.1) is 0 Å². The third-order valence-corrected chi connectivity index (χ3v) is 4.73. The highest BCUT2D eigenvalue weighted by Gasteiger charge is 2.26. The molecule has 2 aliphatic rings. The van der Waals surface area contributed by atoms with E-state index in [1.807, 2.05) is 24.0 Å². The molecule has 0 aromatic heterocycles. The second kappa shape index (κ2) is 7.66. The predicted octanol–water partition coefficient (Wildman–Crippen LogP) is 0.939. The number of rotatable bonds is 4. The van der Waals surface area contributed by atoms with Crippen molar-refractivity contribution in [1.29, 1.82) is 0 Å². The number of fused-ring (bicyclic) bond motifs is 1. The molecular weight excluding hydrogens is 304 g/mol. The summed E-state index contributed by atoms with van der Waals surface area (Å²) in [5.41, 5.74) is 3.08. The van der Waals surface area contributed by atoms with E-state index in [0.29, 0.717) is 26.2 Å². The van der Waals surface area contributed by atoms with Gasteiger partial charge in [-0.1, -0.05) is 6.07 Å². The minimum Gasteiger partial charge on any atom is -0.385 e. The number of amides is 2. The number of anilines is 1. The Bertz CT molecular complexity index is 609. The van der Waals surface area contributed by atoms with Crippen molar-refractivity contribution < 1.29 is 9.59 Å². The molecule has 6 heteroatoms. The fourth-order valence-corrected chi connectivity index (χ4v) is 3.45. The molecule has 0 unspecified atom stereocenters. The van der Waals surface area contributed by atoms with E-state index in [-0.39, 0.29) is 11.8 Å². The van der Waals surface area contributed by atoms with E-state index in [2.05, 4.69) is 21.6 Å². The molecule has 0 saturated carbocycles. The number of piperazine rings is 1. The molecule has 1 saturated heterocycles. The van der Waals surface area contributed by atoms with Crippen LogP contribution >= 0.6 is 0 Å². The van der Waals surface area contributed by atoms with Crippen molar-refractivity contribution in [3.05, 3.63) is 29.3 Å². The first-order chi connectivity index (χ1) is 11.7. The van der Waals surface area contributed by atoms with E-state index in [4.69, 9.17) is 0 Å². The van der Waals surface area contributed by atoms with Crippen molar-refractivity contribution in [3.8, 4) is 0 Å². The molecule has 6 nitrogen and oxygen atoms in total. The largest absolute Gasteiger partial charge is 0.385 e. The van der Waals surface area contributed by atoms with Gasteiger partial charge in [-0.05, 0) is 37.5 Å². The van der Waals surface area contributed by atoms with Gasteiger partial charge in [0.25, 0.3) is 5.91 Å². The molecule has 130 valence electrons. The van der Waals surface area contributed by atoms with Gasteiger partial charge in [0.05, 0.1) is 6.54 Å². The lowest BCUT2D eigenvalue weighted by molar-refractivity contribution is -0.122. The van der Waals surface area contributed by atoms with Gasteiger partial charge >= 0.3 is 0 Å². The van der Waals surface area contributed by atoms with Gasteiger partial charge in [0.15, 0.2) is 0 Å². The number of hydrogen-bond donors (Lipinski definition) is 2. The summed E-state index contributed by atoms with van der Waals surface area (Å²) < 4.78 is 0. The predicted molar refractivity (Wildman–Crippen MR) is 94.3 cm³/mol. The molecule has 2 heterocycles. The van der Waals surface area contributed by atoms with E-state index >= 15 is 0 Å². The smallest absolute Gasteiger partial charge is 0.254 e. The maximum absolute atomic E-state index is 12.9. The molecule has 1 fully saturated rings. The number of carbonyl (C=O) groups excluding carboxylic acids is 2. The van der Waals surface area contributed by atoms with Crippen LogP contribution in [0, 0.1) is 0 Å². The highest BCUT2D eigenvalue weighted by molar-refractivity contribution is 5.97. The van der Waals surface area contributed by atoms with Crippen molar-refractivity contribution in [1.82, 2.24) is 15.1 Å². The Labute approximate surface area is 143 Å². The molecule has 2 amide bonds. The van der Waals surface area contributed by atoms with Gasteiger partial charge in [0, 0.05) is 50.5 Å². The van der Waals surface area contributed by atoms with Gasteiger partial charge in [-0.25, -0.2) is 0 Å². The average Bonchev–Trinajstić information content (AvgIpc) is 2.61. The SMILES string of the molecule is CCNC(=O)CN1CCN(C(=O)c2cccc3c2CCCN3)CC1. The molecule has 0 aliphatic carbocycles. The van der Waals surface area contributed by atoms with E-state index in [1.165, 1.54) is 0 Å². The van der Waals surface area contributed by atoms with E-state index in [1.54, 1.807) is 0 Å². The summed E-state index contributed by atoms with van der Waals surface area (Å²) >= 11 is 0. The summed E-state index contributed by atoms with van der Waals surface area (Å²) in [6.07, 6.45) is 2.03. The summed E-state index contributed by atoms with van der Waals surface area (Å²) in [5.74, 6) is 0.175. The minimum absolute atomic E-state index is 0.0560. The first-order valence-electron chi connectivity index (χ1n) is 8.83. The number of hydrogen-bond acceptors (Lipinski definition) is 4. The summed E-state index contributed by atoms with van der Waals surface area (Å²) in [4.78, 5) is 28.6. The third kappa shape index (κ3) is 3.70. The minimum atomic E-state index is 0.0560. The highest BCUT2D eigenvalue weighted by atomic mass is 16.2. The molecule has 1 aromatic carbocycles. The average molecular weight is 330 g/mol. The summed E-state index contributed by atoms with van der Waals surface area (Å²) in [6.45, 7) is 6.81. The molecule has 0 radical (unpaired) electrons. The fraction of sp³-hybridized carbons (Fsp3) is 0.556. The van der Waals surface area contributed by atoms with Gasteiger partial charge in [0.2, 0.25) is 5.91 Å². The zero-order valence-electron chi connectivity index (χ0n) is 14.3. The van der Waals surface area contributed by atoms with Crippen LogP contribution in [0.15, 0.2) is 18.2 Å². The molecule has 1 aromatic rings. The van der Waals surface area contributed by atoms with Crippen LogP contribution in [0.4, 0.5) is 5.69 Å². The second-order valence-electron chi connectivity index (χ2n) is 6.38. The van der Waals surface area contributed by atoms with Crippen molar-refractivity contribution in [2.45, 2.75) is 19.8 Å². The quantitative estimate of drug-likeness (QED) is 0.862. The summed E-state index contributed by atoms with van der Waals surface area (Å²) in [5, 5.41) is 6.20. The maximum Gasteiger partial charge on any atom is 0.254 e. The molecule has 0 atom stereocenters. The Balaban J connectivity index is 1.61. The van der Waals surface area contributed by atoms with Crippen LogP contribution in [0.2, 0.25) is 0 Å². The number of nitrogens with zero attached hydrogens (tertiary/aromatic N) is 2. The summed E-state index contributed by atoms with van der Waals surface area (Å²) in [6, 6.07) is 5.94. The summed E-state index contributed by atoms with van der Waals surface area (Å²) in [7, 11) is 0. The second-order valence-corrected chi connectivity index (χ2v) is 6.38. The Morgan fingerprint density at radius 2 is 2.00 bits per heavy atom. The Kier molecular flexibility index (Phi) is 5.35. The van der Waals surface area contributed by atoms with Crippen LogP contribution in [0.3, 0.4) is 0 Å². The zero-order chi connectivity index (χ0) is 16.9. The molecule has 2 N–H and O–H groups in total. The lowest BCUT2D eigenvalue weighted by Crippen LogP contribution is -2.51. The first-order valence-corrected chi connectivity index (χ1v) is 8.83.